The van der Waals surface area contributed by atoms with Crippen LogP contribution in [0.3, 0.4) is 0 Å². The fourth-order valence-electron chi connectivity index (χ4n) is 4.49. The summed E-state index contributed by atoms with van der Waals surface area (Å²) in [4.78, 5) is 39.5. The molecule has 2 fully saturated rings. The number of benzene rings is 1. The van der Waals surface area contributed by atoms with E-state index in [-0.39, 0.29) is 41.7 Å². The standard InChI is InChI=1S/C25H32N4O4/c1-6-21(30)19-12-20(29(27-19)15(2)16-10-8-7-9-11-16)23(31)26-22-17-13-28(14-18(17)22)24(32)33-25(3,4)5/h7-12,15,17-18,22H,6,13-14H2,1-5H3,(H,26,31)/t15-,17-,18+,22?/m0/s1. The number of fused-ring (bicyclic) bond motifs is 1. The maximum Gasteiger partial charge on any atom is 0.410 e. The fraction of sp³-hybridized carbons (Fsp3) is 0.520. The van der Waals surface area contributed by atoms with Crippen LogP contribution in [0.25, 0.3) is 0 Å². The van der Waals surface area contributed by atoms with Crippen molar-refractivity contribution in [2.75, 3.05) is 13.1 Å². The van der Waals surface area contributed by atoms with Crippen molar-refractivity contribution in [3.63, 3.8) is 0 Å². The highest BCUT2D eigenvalue weighted by Crippen LogP contribution is 2.46. The Morgan fingerprint density at radius 3 is 2.36 bits per heavy atom. The zero-order valence-electron chi connectivity index (χ0n) is 19.9. The second-order valence-corrected chi connectivity index (χ2v) is 9.94. The molecular formula is C25H32N4O4. The summed E-state index contributed by atoms with van der Waals surface area (Å²) in [6, 6.07) is 11.2. The molecule has 2 aromatic rings. The third-order valence-corrected chi connectivity index (χ3v) is 6.37. The molecule has 0 radical (unpaired) electrons. The van der Waals surface area contributed by atoms with Crippen molar-refractivity contribution in [2.24, 2.45) is 11.8 Å². The van der Waals surface area contributed by atoms with Gasteiger partial charge in [-0.3, -0.25) is 14.3 Å². The van der Waals surface area contributed by atoms with E-state index in [1.54, 1.807) is 22.6 Å². The lowest BCUT2D eigenvalue weighted by atomic mass is 10.1. The summed E-state index contributed by atoms with van der Waals surface area (Å²) >= 11 is 0. The number of aromatic nitrogens is 2. The Balaban J connectivity index is 1.46. The summed E-state index contributed by atoms with van der Waals surface area (Å²) in [5.41, 5.74) is 1.15. The van der Waals surface area contributed by atoms with Gasteiger partial charge < -0.3 is 15.0 Å². The smallest absolute Gasteiger partial charge is 0.410 e. The minimum atomic E-state index is -0.529. The molecular weight excluding hydrogens is 420 g/mol. The van der Waals surface area contributed by atoms with E-state index in [0.29, 0.717) is 30.9 Å². The summed E-state index contributed by atoms with van der Waals surface area (Å²) in [5.74, 6) is 0.102. The van der Waals surface area contributed by atoms with Gasteiger partial charge >= 0.3 is 6.09 Å². The molecule has 1 saturated carbocycles. The molecule has 1 N–H and O–H groups in total. The van der Waals surface area contributed by atoms with Gasteiger partial charge in [0, 0.05) is 43.5 Å². The quantitative estimate of drug-likeness (QED) is 0.675. The van der Waals surface area contributed by atoms with Crippen LogP contribution < -0.4 is 5.32 Å². The molecule has 0 spiro atoms. The van der Waals surface area contributed by atoms with Crippen molar-refractivity contribution in [1.29, 1.82) is 0 Å². The van der Waals surface area contributed by atoms with Crippen LogP contribution in [0.1, 0.15) is 73.6 Å². The molecule has 0 bridgehead atoms. The molecule has 8 nitrogen and oxygen atoms in total. The second kappa shape index (κ2) is 8.65. The van der Waals surface area contributed by atoms with Gasteiger partial charge in [0.15, 0.2) is 5.78 Å². The molecule has 2 aliphatic rings. The summed E-state index contributed by atoms with van der Waals surface area (Å²) in [6.45, 7) is 10.4. The number of rotatable bonds is 6. The Kier molecular flexibility index (Phi) is 6.03. The number of nitrogens with one attached hydrogen (secondary N) is 1. The number of nitrogens with zero attached hydrogens (tertiary/aromatic N) is 3. The van der Waals surface area contributed by atoms with E-state index < -0.39 is 5.60 Å². The Morgan fingerprint density at radius 2 is 1.79 bits per heavy atom. The number of ether oxygens (including phenoxy) is 1. The maximum absolute atomic E-state index is 13.2. The summed E-state index contributed by atoms with van der Waals surface area (Å²) in [7, 11) is 0. The topological polar surface area (TPSA) is 93.5 Å². The third kappa shape index (κ3) is 4.79. The van der Waals surface area contributed by atoms with Gasteiger partial charge in [-0.2, -0.15) is 5.10 Å². The van der Waals surface area contributed by atoms with Gasteiger partial charge in [-0.1, -0.05) is 37.3 Å². The number of likely N-dealkylation sites (tertiary alicyclic amines) is 1. The van der Waals surface area contributed by atoms with E-state index in [2.05, 4.69) is 10.4 Å². The van der Waals surface area contributed by atoms with E-state index in [1.807, 2.05) is 58.0 Å². The molecule has 8 heteroatoms. The van der Waals surface area contributed by atoms with Gasteiger partial charge in [0.25, 0.3) is 5.91 Å². The van der Waals surface area contributed by atoms with Crippen molar-refractivity contribution in [1.82, 2.24) is 20.0 Å². The number of carbonyl (C=O) groups excluding carboxylic acids is 3. The van der Waals surface area contributed by atoms with Gasteiger partial charge in [0.2, 0.25) is 0 Å². The van der Waals surface area contributed by atoms with Crippen LogP contribution in [0, 0.1) is 11.8 Å². The first kappa shape index (κ1) is 23.0. The first-order valence-corrected chi connectivity index (χ1v) is 11.6. The molecule has 1 unspecified atom stereocenters. The van der Waals surface area contributed by atoms with Crippen LogP contribution in [0.4, 0.5) is 4.79 Å². The fourth-order valence-corrected chi connectivity index (χ4v) is 4.49. The van der Waals surface area contributed by atoms with Crippen molar-refractivity contribution in [3.05, 3.63) is 53.3 Å². The maximum atomic E-state index is 13.2. The Hall–Kier alpha value is -3.16. The number of Topliss-reactive ketones (excluding diaryl/α,β-unsaturated/α-hetero) is 1. The second-order valence-electron chi connectivity index (χ2n) is 9.94. The van der Waals surface area contributed by atoms with E-state index >= 15 is 0 Å². The first-order chi connectivity index (χ1) is 15.6. The average Bonchev–Trinajstić information content (AvgIpc) is 3.16. The number of hydrogen-bond donors (Lipinski definition) is 1. The summed E-state index contributed by atoms with van der Waals surface area (Å²) in [6.07, 6.45) is 0.0164. The molecule has 1 aromatic carbocycles. The molecule has 33 heavy (non-hydrogen) atoms. The predicted molar refractivity (Wildman–Crippen MR) is 123 cm³/mol. The van der Waals surface area contributed by atoms with E-state index in [0.717, 1.165) is 5.56 Å². The number of piperidine rings is 1. The third-order valence-electron chi connectivity index (χ3n) is 6.37. The Bertz CT molecular complexity index is 1040. The highest BCUT2D eigenvalue weighted by molar-refractivity contribution is 5.99. The van der Waals surface area contributed by atoms with Crippen LogP contribution in [-0.2, 0) is 4.74 Å². The summed E-state index contributed by atoms with van der Waals surface area (Å²) in [5, 5.41) is 7.59. The molecule has 1 saturated heterocycles. The zero-order chi connectivity index (χ0) is 23.9. The highest BCUT2D eigenvalue weighted by atomic mass is 16.6. The van der Waals surface area contributed by atoms with Crippen molar-refractivity contribution < 1.29 is 19.1 Å². The number of ketones is 1. The lowest BCUT2D eigenvalue weighted by molar-refractivity contribution is 0.0269. The van der Waals surface area contributed by atoms with Gasteiger partial charge in [0.05, 0.1) is 6.04 Å². The Labute approximate surface area is 194 Å². The van der Waals surface area contributed by atoms with Crippen LogP contribution in [0.5, 0.6) is 0 Å². The number of carbonyl (C=O) groups is 3. The zero-order valence-corrected chi connectivity index (χ0v) is 19.9. The normalized spacial score (nSPS) is 22.5. The van der Waals surface area contributed by atoms with Gasteiger partial charge in [-0.25, -0.2) is 4.79 Å². The molecule has 4 atom stereocenters. The molecule has 2 amide bonds. The monoisotopic (exact) mass is 452 g/mol. The van der Waals surface area contributed by atoms with Gasteiger partial charge in [-0.15, -0.1) is 0 Å². The van der Waals surface area contributed by atoms with E-state index in [1.165, 1.54) is 0 Å². The Morgan fingerprint density at radius 1 is 1.15 bits per heavy atom. The van der Waals surface area contributed by atoms with E-state index in [4.69, 9.17) is 4.74 Å². The van der Waals surface area contributed by atoms with Crippen molar-refractivity contribution in [3.8, 4) is 0 Å². The number of amides is 2. The van der Waals surface area contributed by atoms with Crippen molar-refractivity contribution >= 4 is 17.8 Å². The largest absolute Gasteiger partial charge is 0.444 e. The lowest BCUT2D eigenvalue weighted by Gasteiger charge is -2.26. The predicted octanol–water partition coefficient (Wildman–Crippen LogP) is 3.68. The lowest BCUT2D eigenvalue weighted by Crippen LogP contribution is -2.40. The van der Waals surface area contributed by atoms with Crippen molar-refractivity contribution in [2.45, 2.75) is 58.7 Å². The van der Waals surface area contributed by atoms with Gasteiger partial charge in [0.1, 0.15) is 17.0 Å². The first-order valence-electron chi connectivity index (χ1n) is 11.6. The molecule has 176 valence electrons. The molecule has 1 aliphatic heterocycles. The molecule has 1 aliphatic carbocycles. The van der Waals surface area contributed by atoms with Crippen LogP contribution in [0.15, 0.2) is 36.4 Å². The SMILES string of the molecule is CCC(=O)c1cc(C(=O)NC2[C@H]3CN(C(=O)OC(C)(C)C)C[C@@H]23)n([C@@H](C)c2ccccc2)n1. The van der Waals surface area contributed by atoms with Crippen LogP contribution in [-0.4, -0.2) is 57.2 Å². The summed E-state index contributed by atoms with van der Waals surface area (Å²) < 4.78 is 7.09. The molecule has 1 aromatic heterocycles. The molecule has 2 heterocycles. The highest BCUT2D eigenvalue weighted by Gasteiger charge is 2.58. The van der Waals surface area contributed by atoms with E-state index in [9.17, 15) is 14.4 Å². The average molecular weight is 453 g/mol. The van der Waals surface area contributed by atoms with Crippen LogP contribution >= 0.6 is 0 Å². The molecule has 4 rings (SSSR count). The minimum absolute atomic E-state index is 0.0110. The van der Waals surface area contributed by atoms with Gasteiger partial charge in [-0.05, 0) is 33.3 Å². The van der Waals surface area contributed by atoms with Crippen LogP contribution in [0.2, 0.25) is 0 Å². The minimum Gasteiger partial charge on any atom is -0.444 e. The number of hydrogen-bond acceptors (Lipinski definition) is 5.